The standard InChI is InChI=1S/C27H19BrO/c1-27(2)21-9-5-3-7-18(21)20-13-16(11-12-22(20)27)17-14-23(28)26-19-8-4-6-10-24(19)29-25(26)15-17/h3-15H,1-2H3. The van der Waals surface area contributed by atoms with Crippen molar-refractivity contribution in [2.75, 3.05) is 0 Å². The van der Waals surface area contributed by atoms with Crippen molar-refractivity contribution in [3.8, 4) is 22.3 Å². The third-order valence-corrected chi connectivity index (χ3v) is 6.97. The monoisotopic (exact) mass is 438 g/mol. The summed E-state index contributed by atoms with van der Waals surface area (Å²) in [7, 11) is 0. The lowest BCUT2D eigenvalue weighted by Gasteiger charge is -2.21. The van der Waals surface area contributed by atoms with Crippen LogP contribution in [0.2, 0.25) is 0 Å². The molecule has 6 rings (SSSR count). The second-order valence-electron chi connectivity index (χ2n) is 8.36. The molecule has 4 aromatic carbocycles. The van der Waals surface area contributed by atoms with Crippen molar-refractivity contribution in [2.45, 2.75) is 19.3 Å². The summed E-state index contributed by atoms with van der Waals surface area (Å²) in [6, 6.07) is 28.2. The minimum absolute atomic E-state index is 0.0354. The number of hydrogen-bond donors (Lipinski definition) is 0. The van der Waals surface area contributed by atoms with Gasteiger partial charge in [-0.25, -0.2) is 0 Å². The lowest BCUT2D eigenvalue weighted by molar-refractivity contribution is 0.660. The van der Waals surface area contributed by atoms with E-state index in [0.29, 0.717) is 0 Å². The van der Waals surface area contributed by atoms with Gasteiger partial charge >= 0.3 is 0 Å². The molecule has 0 radical (unpaired) electrons. The molecular weight excluding hydrogens is 420 g/mol. The Hall–Kier alpha value is -2.84. The fourth-order valence-electron chi connectivity index (χ4n) is 4.87. The number of fused-ring (bicyclic) bond motifs is 6. The molecular formula is C27H19BrO. The van der Waals surface area contributed by atoms with Crippen LogP contribution in [0.5, 0.6) is 0 Å². The van der Waals surface area contributed by atoms with E-state index in [0.717, 1.165) is 32.0 Å². The van der Waals surface area contributed by atoms with Crippen LogP contribution in [-0.2, 0) is 5.41 Å². The zero-order valence-electron chi connectivity index (χ0n) is 16.3. The molecule has 0 fully saturated rings. The van der Waals surface area contributed by atoms with Crippen molar-refractivity contribution in [3.05, 3.63) is 94.5 Å². The maximum atomic E-state index is 6.15. The maximum Gasteiger partial charge on any atom is 0.137 e. The van der Waals surface area contributed by atoms with Crippen LogP contribution in [0.4, 0.5) is 0 Å². The molecule has 0 aliphatic heterocycles. The Morgan fingerprint density at radius 1 is 0.690 bits per heavy atom. The lowest BCUT2D eigenvalue weighted by Crippen LogP contribution is -2.14. The molecule has 0 saturated heterocycles. The van der Waals surface area contributed by atoms with Gasteiger partial charge in [-0.1, -0.05) is 68.4 Å². The van der Waals surface area contributed by atoms with Gasteiger partial charge in [0.25, 0.3) is 0 Å². The van der Waals surface area contributed by atoms with Crippen LogP contribution >= 0.6 is 15.9 Å². The highest BCUT2D eigenvalue weighted by Crippen LogP contribution is 2.49. The second-order valence-corrected chi connectivity index (χ2v) is 9.21. The molecule has 0 N–H and O–H groups in total. The SMILES string of the molecule is CC1(C)c2ccccc2-c2cc(-c3cc(Br)c4c(c3)oc3ccccc34)ccc21. The van der Waals surface area contributed by atoms with Crippen LogP contribution < -0.4 is 0 Å². The summed E-state index contributed by atoms with van der Waals surface area (Å²) in [5, 5.41) is 2.28. The van der Waals surface area contributed by atoms with Crippen molar-refractivity contribution in [1.29, 1.82) is 0 Å². The van der Waals surface area contributed by atoms with Crippen molar-refractivity contribution >= 4 is 37.9 Å². The van der Waals surface area contributed by atoms with E-state index in [1.807, 2.05) is 12.1 Å². The van der Waals surface area contributed by atoms with Gasteiger partial charge in [0.2, 0.25) is 0 Å². The van der Waals surface area contributed by atoms with Gasteiger partial charge in [0.15, 0.2) is 0 Å². The average Bonchev–Trinajstić information content (AvgIpc) is 3.22. The van der Waals surface area contributed by atoms with Crippen molar-refractivity contribution in [1.82, 2.24) is 0 Å². The zero-order chi connectivity index (χ0) is 19.8. The maximum absolute atomic E-state index is 6.15. The Morgan fingerprint density at radius 3 is 2.34 bits per heavy atom. The van der Waals surface area contributed by atoms with Crippen LogP contribution in [0, 0.1) is 0 Å². The van der Waals surface area contributed by atoms with E-state index < -0.39 is 0 Å². The summed E-state index contributed by atoms with van der Waals surface area (Å²) >= 11 is 3.79. The number of furan rings is 1. The Labute approximate surface area is 178 Å². The third-order valence-electron chi connectivity index (χ3n) is 6.35. The van der Waals surface area contributed by atoms with Gasteiger partial charge in [0, 0.05) is 20.7 Å². The fraction of sp³-hybridized carbons (Fsp3) is 0.111. The molecule has 2 heteroatoms. The summed E-state index contributed by atoms with van der Waals surface area (Å²) in [6.07, 6.45) is 0. The Bertz CT molecular complexity index is 1440. The number of rotatable bonds is 1. The van der Waals surface area contributed by atoms with Crippen LogP contribution in [0.1, 0.15) is 25.0 Å². The highest BCUT2D eigenvalue weighted by atomic mass is 79.9. The minimum atomic E-state index is 0.0354. The van der Waals surface area contributed by atoms with E-state index in [1.54, 1.807) is 0 Å². The molecule has 1 aliphatic rings. The first-order valence-electron chi connectivity index (χ1n) is 9.89. The Kier molecular flexibility index (Phi) is 3.43. The lowest BCUT2D eigenvalue weighted by atomic mass is 9.82. The number of halogens is 1. The molecule has 0 amide bonds. The topological polar surface area (TPSA) is 13.1 Å². The molecule has 0 unspecified atom stereocenters. The molecule has 0 spiro atoms. The van der Waals surface area contributed by atoms with Gasteiger partial charge in [0.05, 0.1) is 0 Å². The van der Waals surface area contributed by atoms with Gasteiger partial charge < -0.3 is 4.42 Å². The van der Waals surface area contributed by atoms with Gasteiger partial charge in [-0.3, -0.25) is 0 Å². The quantitative estimate of drug-likeness (QED) is 0.256. The van der Waals surface area contributed by atoms with Crippen LogP contribution in [0.25, 0.3) is 44.2 Å². The van der Waals surface area contributed by atoms with E-state index in [4.69, 9.17) is 4.42 Å². The highest BCUT2D eigenvalue weighted by Gasteiger charge is 2.35. The van der Waals surface area contributed by atoms with E-state index in [-0.39, 0.29) is 5.41 Å². The summed E-state index contributed by atoms with van der Waals surface area (Å²) in [6.45, 7) is 4.63. The molecule has 1 nitrogen and oxygen atoms in total. The predicted octanol–water partition coefficient (Wildman–Crippen LogP) is 8.32. The zero-order valence-corrected chi connectivity index (χ0v) is 17.9. The van der Waals surface area contributed by atoms with Gasteiger partial charge in [-0.2, -0.15) is 0 Å². The van der Waals surface area contributed by atoms with E-state index in [9.17, 15) is 0 Å². The van der Waals surface area contributed by atoms with Crippen molar-refractivity contribution in [2.24, 2.45) is 0 Å². The Morgan fingerprint density at radius 2 is 1.45 bits per heavy atom. The fourth-order valence-corrected chi connectivity index (χ4v) is 5.53. The molecule has 1 aromatic heterocycles. The summed E-state index contributed by atoms with van der Waals surface area (Å²) in [4.78, 5) is 0. The Balaban J connectivity index is 1.58. The van der Waals surface area contributed by atoms with E-state index >= 15 is 0 Å². The molecule has 140 valence electrons. The first-order chi connectivity index (χ1) is 14.0. The van der Waals surface area contributed by atoms with Crippen LogP contribution in [-0.4, -0.2) is 0 Å². The highest BCUT2D eigenvalue weighted by molar-refractivity contribution is 9.10. The molecule has 0 bridgehead atoms. The number of hydrogen-bond acceptors (Lipinski definition) is 1. The summed E-state index contributed by atoms with van der Waals surface area (Å²) in [5.74, 6) is 0. The van der Waals surface area contributed by atoms with Gasteiger partial charge in [-0.05, 0) is 73.6 Å². The molecule has 1 heterocycles. The first-order valence-corrected chi connectivity index (χ1v) is 10.7. The van der Waals surface area contributed by atoms with E-state index in [1.165, 1.54) is 27.8 Å². The van der Waals surface area contributed by atoms with Gasteiger partial charge in [0.1, 0.15) is 11.2 Å². The normalized spacial score (nSPS) is 14.3. The third kappa shape index (κ3) is 2.33. The molecule has 0 atom stereocenters. The average molecular weight is 439 g/mol. The molecule has 5 aromatic rings. The predicted molar refractivity (Wildman–Crippen MR) is 124 cm³/mol. The van der Waals surface area contributed by atoms with Crippen molar-refractivity contribution in [3.63, 3.8) is 0 Å². The second kappa shape index (κ2) is 5.84. The van der Waals surface area contributed by atoms with Crippen LogP contribution in [0.3, 0.4) is 0 Å². The number of benzene rings is 4. The number of para-hydroxylation sites is 1. The summed E-state index contributed by atoms with van der Waals surface area (Å²) in [5.41, 5.74) is 9.72. The summed E-state index contributed by atoms with van der Waals surface area (Å²) < 4.78 is 7.21. The van der Waals surface area contributed by atoms with Gasteiger partial charge in [-0.15, -0.1) is 0 Å². The van der Waals surface area contributed by atoms with Crippen molar-refractivity contribution < 1.29 is 4.42 Å². The molecule has 0 saturated carbocycles. The molecule has 29 heavy (non-hydrogen) atoms. The van der Waals surface area contributed by atoms with Crippen LogP contribution in [0.15, 0.2) is 87.8 Å². The minimum Gasteiger partial charge on any atom is -0.456 e. The largest absolute Gasteiger partial charge is 0.456 e. The van der Waals surface area contributed by atoms with E-state index in [2.05, 4.69) is 96.5 Å². The molecule has 1 aliphatic carbocycles. The smallest absolute Gasteiger partial charge is 0.137 e. The first kappa shape index (κ1) is 17.1.